The Kier molecular flexibility index (Phi) is 2.98. The van der Waals surface area contributed by atoms with Gasteiger partial charge < -0.3 is 0 Å². The average Bonchev–Trinajstić information content (AvgIpc) is 2.83. The molecule has 0 atom stereocenters. The molecule has 18 heavy (non-hydrogen) atoms. The molecule has 1 aliphatic carbocycles. The maximum Gasteiger partial charge on any atom is 0.149 e. The Morgan fingerprint density at radius 1 is 1.22 bits per heavy atom. The zero-order chi connectivity index (χ0) is 12.7. The molecular weight excluding hydrogens is 249 g/mol. The van der Waals surface area contributed by atoms with Crippen molar-refractivity contribution < 1.29 is 4.39 Å². The van der Waals surface area contributed by atoms with E-state index in [-0.39, 0.29) is 5.82 Å². The topological polar surface area (TPSA) is 12.9 Å². The van der Waals surface area contributed by atoms with Crippen molar-refractivity contribution in [2.75, 3.05) is 0 Å². The second-order valence-electron chi connectivity index (χ2n) is 5.15. The third kappa shape index (κ3) is 1.99. The van der Waals surface area contributed by atoms with Crippen LogP contribution < -0.4 is 0 Å². The lowest BCUT2D eigenvalue weighted by Crippen LogP contribution is -1.98. The first-order chi connectivity index (χ1) is 8.65. The number of nitrogens with zero attached hydrogens (tertiary/aromatic N) is 1. The molecule has 0 unspecified atom stereocenters. The van der Waals surface area contributed by atoms with Crippen molar-refractivity contribution in [2.24, 2.45) is 0 Å². The van der Waals surface area contributed by atoms with Crippen molar-refractivity contribution in [1.29, 1.82) is 0 Å². The zero-order valence-corrected chi connectivity index (χ0v) is 11.1. The number of pyridine rings is 1. The molecule has 0 N–H and O–H groups in total. The maximum absolute atomic E-state index is 14.0. The SMILES string of the molecule is Cc1cc(F)c2nc(C3CCCC3)cc(Cl)c2c1. The third-order valence-corrected chi connectivity index (χ3v) is 4.07. The largest absolute Gasteiger partial charge is 0.249 e. The Hall–Kier alpha value is -1.15. The number of aryl methyl sites for hydroxylation is 1. The Morgan fingerprint density at radius 3 is 2.67 bits per heavy atom. The van der Waals surface area contributed by atoms with Crippen molar-refractivity contribution in [1.82, 2.24) is 4.98 Å². The van der Waals surface area contributed by atoms with E-state index in [0.29, 0.717) is 16.5 Å². The van der Waals surface area contributed by atoms with Crippen LogP contribution in [0.4, 0.5) is 4.39 Å². The van der Waals surface area contributed by atoms with Crippen LogP contribution in [-0.4, -0.2) is 4.98 Å². The summed E-state index contributed by atoms with van der Waals surface area (Å²) in [6.45, 7) is 1.86. The minimum atomic E-state index is -0.272. The second-order valence-corrected chi connectivity index (χ2v) is 5.56. The predicted molar refractivity (Wildman–Crippen MR) is 72.7 cm³/mol. The van der Waals surface area contributed by atoms with Crippen LogP contribution >= 0.6 is 11.6 Å². The first kappa shape index (κ1) is 11.9. The van der Waals surface area contributed by atoms with Gasteiger partial charge in [-0.3, -0.25) is 0 Å². The molecule has 0 amide bonds. The van der Waals surface area contributed by atoms with Crippen LogP contribution in [0.2, 0.25) is 5.02 Å². The molecule has 1 aliphatic rings. The van der Waals surface area contributed by atoms with Gasteiger partial charge in [-0.15, -0.1) is 0 Å². The minimum absolute atomic E-state index is 0.272. The molecule has 0 aliphatic heterocycles. The summed E-state index contributed by atoms with van der Waals surface area (Å²) in [6, 6.07) is 5.33. The fourth-order valence-electron chi connectivity index (χ4n) is 2.83. The first-order valence-electron chi connectivity index (χ1n) is 6.41. The number of fused-ring (bicyclic) bond motifs is 1. The van der Waals surface area contributed by atoms with E-state index in [9.17, 15) is 4.39 Å². The fraction of sp³-hybridized carbons (Fsp3) is 0.400. The highest BCUT2D eigenvalue weighted by Crippen LogP contribution is 2.36. The first-order valence-corrected chi connectivity index (χ1v) is 6.79. The molecule has 1 aromatic heterocycles. The molecule has 0 spiro atoms. The zero-order valence-electron chi connectivity index (χ0n) is 10.3. The van der Waals surface area contributed by atoms with Gasteiger partial charge in [0, 0.05) is 17.0 Å². The lowest BCUT2D eigenvalue weighted by molar-refractivity contribution is 0.632. The van der Waals surface area contributed by atoms with Crippen LogP contribution in [0.3, 0.4) is 0 Å². The number of hydrogen-bond acceptors (Lipinski definition) is 1. The Balaban J connectivity index is 2.20. The molecule has 1 fully saturated rings. The molecule has 0 radical (unpaired) electrons. The Morgan fingerprint density at radius 2 is 1.94 bits per heavy atom. The summed E-state index contributed by atoms with van der Waals surface area (Å²) in [7, 11) is 0. The molecular formula is C15H15ClFN. The third-order valence-electron chi connectivity index (χ3n) is 3.75. The van der Waals surface area contributed by atoms with Gasteiger partial charge in [0.05, 0.1) is 5.02 Å². The van der Waals surface area contributed by atoms with E-state index in [1.165, 1.54) is 18.9 Å². The number of rotatable bonds is 1. The van der Waals surface area contributed by atoms with Gasteiger partial charge in [-0.1, -0.05) is 24.4 Å². The number of benzene rings is 1. The van der Waals surface area contributed by atoms with E-state index >= 15 is 0 Å². The van der Waals surface area contributed by atoms with Crippen molar-refractivity contribution in [3.8, 4) is 0 Å². The highest BCUT2D eigenvalue weighted by molar-refractivity contribution is 6.35. The molecule has 0 bridgehead atoms. The van der Waals surface area contributed by atoms with Crippen molar-refractivity contribution >= 4 is 22.5 Å². The molecule has 1 saturated carbocycles. The smallest absolute Gasteiger partial charge is 0.149 e. The molecule has 1 heterocycles. The number of hydrogen-bond donors (Lipinski definition) is 0. The molecule has 3 rings (SSSR count). The molecule has 1 nitrogen and oxygen atoms in total. The van der Waals surface area contributed by atoms with Crippen LogP contribution in [0.1, 0.15) is 42.9 Å². The van der Waals surface area contributed by atoms with Crippen LogP contribution in [0.25, 0.3) is 10.9 Å². The van der Waals surface area contributed by atoms with E-state index in [1.807, 2.05) is 19.1 Å². The number of halogens is 2. The monoisotopic (exact) mass is 263 g/mol. The molecule has 94 valence electrons. The minimum Gasteiger partial charge on any atom is -0.249 e. The van der Waals surface area contributed by atoms with Gasteiger partial charge in [0.25, 0.3) is 0 Å². The average molecular weight is 264 g/mol. The van der Waals surface area contributed by atoms with Crippen molar-refractivity contribution in [2.45, 2.75) is 38.5 Å². The van der Waals surface area contributed by atoms with Gasteiger partial charge in [-0.2, -0.15) is 0 Å². The Bertz CT molecular complexity index is 603. The van der Waals surface area contributed by atoms with Crippen LogP contribution in [-0.2, 0) is 0 Å². The predicted octanol–water partition coefficient (Wildman–Crippen LogP) is 4.99. The summed E-state index contributed by atoms with van der Waals surface area (Å²) >= 11 is 6.28. The van der Waals surface area contributed by atoms with Crippen molar-refractivity contribution in [3.63, 3.8) is 0 Å². The summed E-state index contributed by atoms with van der Waals surface area (Å²) in [6.07, 6.45) is 4.75. The summed E-state index contributed by atoms with van der Waals surface area (Å²) in [4.78, 5) is 4.50. The molecule has 3 heteroatoms. The molecule has 0 saturated heterocycles. The van der Waals surface area contributed by atoms with E-state index in [4.69, 9.17) is 11.6 Å². The van der Waals surface area contributed by atoms with E-state index < -0.39 is 0 Å². The standard InChI is InChI=1S/C15H15ClFN/c1-9-6-11-12(16)8-14(10-4-2-3-5-10)18-15(11)13(17)7-9/h6-8,10H,2-5H2,1H3. The molecule has 2 aromatic rings. The van der Waals surface area contributed by atoms with Crippen LogP contribution in [0, 0.1) is 12.7 Å². The Labute approximate surface area is 111 Å². The van der Waals surface area contributed by atoms with Gasteiger partial charge >= 0.3 is 0 Å². The van der Waals surface area contributed by atoms with Crippen molar-refractivity contribution in [3.05, 3.63) is 40.3 Å². The lowest BCUT2D eigenvalue weighted by Gasteiger charge is -2.11. The normalized spacial score (nSPS) is 16.6. The highest BCUT2D eigenvalue weighted by Gasteiger charge is 2.20. The van der Waals surface area contributed by atoms with Gasteiger partial charge in [-0.25, -0.2) is 9.37 Å². The second kappa shape index (κ2) is 4.51. The lowest BCUT2D eigenvalue weighted by atomic mass is 10.0. The summed E-state index contributed by atoms with van der Waals surface area (Å²) in [5.41, 5.74) is 2.24. The highest BCUT2D eigenvalue weighted by atomic mass is 35.5. The van der Waals surface area contributed by atoms with Gasteiger partial charge in [-0.05, 0) is 43.5 Å². The maximum atomic E-state index is 14.0. The van der Waals surface area contributed by atoms with E-state index in [1.54, 1.807) is 0 Å². The quantitative estimate of drug-likeness (QED) is 0.706. The summed E-state index contributed by atoms with van der Waals surface area (Å²) in [5, 5.41) is 1.33. The van der Waals surface area contributed by atoms with Gasteiger partial charge in [0.1, 0.15) is 11.3 Å². The van der Waals surface area contributed by atoms with E-state index in [2.05, 4.69) is 4.98 Å². The van der Waals surface area contributed by atoms with Crippen LogP contribution in [0.15, 0.2) is 18.2 Å². The summed E-state index contributed by atoms with van der Waals surface area (Å²) < 4.78 is 14.0. The van der Waals surface area contributed by atoms with E-state index in [0.717, 1.165) is 29.5 Å². The number of aromatic nitrogens is 1. The van der Waals surface area contributed by atoms with Crippen LogP contribution in [0.5, 0.6) is 0 Å². The van der Waals surface area contributed by atoms with Gasteiger partial charge in [0.2, 0.25) is 0 Å². The molecule has 1 aromatic carbocycles. The fourth-order valence-corrected chi connectivity index (χ4v) is 3.09. The van der Waals surface area contributed by atoms with Gasteiger partial charge in [0.15, 0.2) is 0 Å². The summed E-state index contributed by atoms with van der Waals surface area (Å²) in [5.74, 6) is 0.180.